The van der Waals surface area contributed by atoms with Crippen LogP contribution in [-0.4, -0.2) is 21.0 Å². The molecule has 1 heterocycles. The van der Waals surface area contributed by atoms with Crippen LogP contribution < -0.4 is 10.1 Å². The first-order valence-corrected chi connectivity index (χ1v) is 8.59. The van der Waals surface area contributed by atoms with Gasteiger partial charge in [-0.15, -0.1) is 12.4 Å². The molecule has 0 bridgehead atoms. The van der Waals surface area contributed by atoms with E-state index in [1.807, 2.05) is 0 Å². The first-order chi connectivity index (χ1) is 13.3. The maximum atomic E-state index is 13.8. The van der Waals surface area contributed by atoms with Gasteiger partial charge in [-0.25, -0.2) is 13.6 Å². The predicted molar refractivity (Wildman–Crippen MR) is 107 cm³/mol. The summed E-state index contributed by atoms with van der Waals surface area (Å²) in [5.41, 5.74) is 1.60. The minimum absolute atomic E-state index is 0. The van der Waals surface area contributed by atoms with Crippen molar-refractivity contribution >= 4 is 35.9 Å². The number of hydrogen-bond donors (Lipinski definition) is 2. The number of carboxylic acid groups (broad SMARTS) is 1. The monoisotopic (exact) mass is 443 g/mol. The van der Waals surface area contributed by atoms with Gasteiger partial charge in [0.15, 0.2) is 5.82 Å². The Bertz CT molecular complexity index is 1030. The molecule has 0 fully saturated rings. The topological polar surface area (TPSA) is 76.4 Å². The fourth-order valence-corrected chi connectivity index (χ4v) is 2.80. The van der Waals surface area contributed by atoms with Crippen molar-refractivity contribution in [2.24, 2.45) is 0 Å². The number of rotatable bonds is 6. The molecular formula is C19H17Cl2F2N3O3. The van der Waals surface area contributed by atoms with Gasteiger partial charge >= 0.3 is 6.09 Å². The van der Waals surface area contributed by atoms with E-state index in [2.05, 4.69) is 10.4 Å². The SMILES string of the molecule is Cc1cc(NC(=O)O)nn1Cc1cc(Cl)ccc1OCc1ccc(F)cc1F.Cl. The van der Waals surface area contributed by atoms with E-state index in [0.29, 0.717) is 16.3 Å². The highest BCUT2D eigenvalue weighted by atomic mass is 35.5. The van der Waals surface area contributed by atoms with Gasteiger partial charge in [-0.3, -0.25) is 10.00 Å². The quantitative estimate of drug-likeness (QED) is 0.544. The number of anilines is 1. The molecule has 2 N–H and O–H groups in total. The number of nitrogens with one attached hydrogen (secondary N) is 1. The standard InChI is InChI=1S/C19H16ClF2N3O3.ClH/c1-11-6-18(23-19(26)27)24-25(11)9-13-7-14(20)3-5-17(13)28-10-12-2-4-15(21)8-16(12)22;/h2-8H,9-10H2,1H3,(H,23,24)(H,26,27);1H. The van der Waals surface area contributed by atoms with E-state index < -0.39 is 17.7 Å². The van der Waals surface area contributed by atoms with Gasteiger partial charge < -0.3 is 9.84 Å². The second-order valence-corrected chi connectivity index (χ2v) is 6.47. The average Bonchev–Trinajstić information content (AvgIpc) is 2.94. The molecule has 0 saturated carbocycles. The van der Waals surface area contributed by atoms with Gasteiger partial charge in [-0.1, -0.05) is 11.6 Å². The minimum atomic E-state index is -1.21. The van der Waals surface area contributed by atoms with Crippen molar-refractivity contribution in [1.82, 2.24) is 9.78 Å². The molecule has 154 valence electrons. The van der Waals surface area contributed by atoms with Gasteiger partial charge in [0.2, 0.25) is 0 Å². The molecule has 0 aliphatic carbocycles. The molecule has 0 atom stereocenters. The third kappa shape index (κ3) is 5.82. The fraction of sp³-hybridized carbons (Fsp3) is 0.158. The number of aromatic nitrogens is 2. The Hall–Kier alpha value is -2.84. The molecular weight excluding hydrogens is 427 g/mol. The smallest absolute Gasteiger partial charge is 0.410 e. The number of aryl methyl sites for hydroxylation is 1. The predicted octanol–water partition coefficient (Wildman–Crippen LogP) is 5.26. The molecule has 0 saturated heterocycles. The molecule has 6 nitrogen and oxygen atoms in total. The maximum absolute atomic E-state index is 13.8. The van der Waals surface area contributed by atoms with Gasteiger partial charge in [-0.05, 0) is 37.3 Å². The van der Waals surface area contributed by atoms with Crippen molar-refractivity contribution in [3.8, 4) is 5.75 Å². The third-order valence-electron chi connectivity index (χ3n) is 3.96. The van der Waals surface area contributed by atoms with Crippen molar-refractivity contribution in [2.45, 2.75) is 20.1 Å². The van der Waals surface area contributed by atoms with Crippen molar-refractivity contribution in [3.05, 3.63) is 75.9 Å². The van der Waals surface area contributed by atoms with Crippen LogP contribution >= 0.6 is 24.0 Å². The second-order valence-electron chi connectivity index (χ2n) is 6.04. The molecule has 3 aromatic rings. The number of carbonyl (C=O) groups is 1. The zero-order valence-electron chi connectivity index (χ0n) is 15.2. The molecule has 1 aromatic heterocycles. The van der Waals surface area contributed by atoms with Gasteiger partial charge in [0.25, 0.3) is 0 Å². The summed E-state index contributed by atoms with van der Waals surface area (Å²) in [4.78, 5) is 10.8. The molecule has 10 heteroatoms. The lowest BCUT2D eigenvalue weighted by Gasteiger charge is -2.13. The number of nitrogens with zero attached hydrogens (tertiary/aromatic N) is 2. The summed E-state index contributed by atoms with van der Waals surface area (Å²) in [5, 5.41) is 15.7. The van der Waals surface area contributed by atoms with Crippen LogP contribution in [-0.2, 0) is 13.2 Å². The summed E-state index contributed by atoms with van der Waals surface area (Å²) in [6.45, 7) is 1.94. The number of halogens is 4. The van der Waals surface area contributed by atoms with E-state index >= 15 is 0 Å². The first-order valence-electron chi connectivity index (χ1n) is 8.21. The molecule has 1 amide bonds. The lowest BCUT2D eigenvalue weighted by Crippen LogP contribution is -2.10. The van der Waals surface area contributed by atoms with Crippen molar-refractivity contribution in [1.29, 1.82) is 0 Å². The van der Waals surface area contributed by atoms with Crippen molar-refractivity contribution in [2.75, 3.05) is 5.32 Å². The molecule has 0 unspecified atom stereocenters. The molecule has 3 rings (SSSR count). The molecule has 0 spiro atoms. The van der Waals surface area contributed by atoms with E-state index in [0.717, 1.165) is 17.8 Å². The van der Waals surface area contributed by atoms with E-state index in [-0.39, 0.29) is 36.9 Å². The van der Waals surface area contributed by atoms with E-state index in [9.17, 15) is 13.6 Å². The fourth-order valence-electron chi connectivity index (χ4n) is 2.61. The molecule has 0 aliphatic heterocycles. The van der Waals surface area contributed by atoms with Crippen molar-refractivity contribution in [3.63, 3.8) is 0 Å². The van der Waals surface area contributed by atoms with Crippen molar-refractivity contribution < 1.29 is 23.4 Å². The highest BCUT2D eigenvalue weighted by Gasteiger charge is 2.12. The normalized spacial score (nSPS) is 10.3. The van der Waals surface area contributed by atoms with E-state index in [4.69, 9.17) is 21.4 Å². The molecule has 0 aliphatic rings. The van der Waals surface area contributed by atoms with E-state index in [1.165, 1.54) is 6.07 Å². The minimum Gasteiger partial charge on any atom is -0.488 e. The number of ether oxygens (including phenoxy) is 1. The lowest BCUT2D eigenvalue weighted by molar-refractivity contribution is 0.209. The Labute approximate surface area is 176 Å². The lowest BCUT2D eigenvalue weighted by atomic mass is 10.2. The second kappa shape index (κ2) is 9.58. The van der Waals surface area contributed by atoms with Crippen LogP contribution in [0, 0.1) is 18.6 Å². The Balaban J connectivity index is 0.00000300. The van der Waals surface area contributed by atoms with Crippen LogP contribution in [0.5, 0.6) is 5.75 Å². The van der Waals surface area contributed by atoms with Gasteiger partial charge in [0, 0.05) is 34.0 Å². The highest BCUT2D eigenvalue weighted by molar-refractivity contribution is 6.30. The van der Waals surface area contributed by atoms with Crippen LogP contribution in [0.15, 0.2) is 42.5 Å². The van der Waals surface area contributed by atoms with Crippen LogP contribution in [0.1, 0.15) is 16.8 Å². The average molecular weight is 444 g/mol. The Kier molecular flexibility index (Phi) is 7.41. The summed E-state index contributed by atoms with van der Waals surface area (Å²) in [7, 11) is 0. The highest BCUT2D eigenvalue weighted by Crippen LogP contribution is 2.26. The van der Waals surface area contributed by atoms with Crippen LogP contribution in [0.25, 0.3) is 0 Å². The summed E-state index contributed by atoms with van der Waals surface area (Å²) < 4.78 is 34.1. The Morgan fingerprint density at radius 2 is 1.97 bits per heavy atom. The molecule has 29 heavy (non-hydrogen) atoms. The van der Waals surface area contributed by atoms with Gasteiger partial charge in [-0.2, -0.15) is 5.10 Å². The van der Waals surface area contributed by atoms with Gasteiger partial charge in [0.05, 0.1) is 6.54 Å². The molecule has 0 radical (unpaired) electrons. The van der Waals surface area contributed by atoms with Crippen LogP contribution in [0.3, 0.4) is 0 Å². The number of benzene rings is 2. The number of hydrogen-bond acceptors (Lipinski definition) is 3. The largest absolute Gasteiger partial charge is 0.488 e. The van der Waals surface area contributed by atoms with E-state index in [1.54, 1.807) is 35.9 Å². The summed E-state index contributed by atoms with van der Waals surface area (Å²) in [5.74, 6) is -0.699. The summed E-state index contributed by atoms with van der Waals surface area (Å²) >= 11 is 6.08. The number of amides is 1. The molecule has 2 aromatic carbocycles. The Morgan fingerprint density at radius 3 is 2.66 bits per heavy atom. The van der Waals surface area contributed by atoms with Crippen LogP contribution in [0.4, 0.5) is 19.4 Å². The maximum Gasteiger partial charge on any atom is 0.410 e. The van der Waals surface area contributed by atoms with Gasteiger partial charge in [0.1, 0.15) is 24.0 Å². The summed E-state index contributed by atoms with van der Waals surface area (Å²) in [6, 6.07) is 9.83. The van der Waals surface area contributed by atoms with Crippen LogP contribution in [0.2, 0.25) is 5.02 Å². The zero-order chi connectivity index (χ0) is 20.3. The third-order valence-corrected chi connectivity index (χ3v) is 4.19. The first kappa shape index (κ1) is 22.4. The Morgan fingerprint density at radius 1 is 1.21 bits per heavy atom. The summed E-state index contributed by atoms with van der Waals surface area (Å²) in [6.07, 6.45) is -1.21. The zero-order valence-corrected chi connectivity index (χ0v) is 16.7.